The minimum absolute atomic E-state index is 0.0747. The number of nitrogens with zero attached hydrogens (tertiary/aromatic N) is 9. The lowest BCUT2D eigenvalue weighted by Crippen LogP contribution is -2.27. The zero-order valence-electron chi connectivity index (χ0n) is 21.4. The molecule has 0 bridgehead atoms. The van der Waals surface area contributed by atoms with Crippen molar-refractivity contribution in [3.8, 4) is 0 Å². The summed E-state index contributed by atoms with van der Waals surface area (Å²) in [6.07, 6.45) is -3.96. The van der Waals surface area contributed by atoms with Crippen molar-refractivity contribution in [1.82, 2.24) is 35.0 Å². The van der Waals surface area contributed by atoms with Crippen molar-refractivity contribution < 1.29 is 17.6 Å². The van der Waals surface area contributed by atoms with E-state index < -0.39 is 17.6 Å². The van der Waals surface area contributed by atoms with E-state index in [9.17, 15) is 17.6 Å². The molecular formula is C24H29F4N9. The molecule has 0 spiro atoms. The summed E-state index contributed by atoms with van der Waals surface area (Å²) in [7, 11) is 3.51. The second-order valence-corrected chi connectivity index (χ2v) is 8.75. The van der Waals surface area contributed by atoms with Gasteiger partial charge in [0.15, 0.2) is 5.65 Å². The van der Waals surface area contributed by atoms with Crippen LogP contribution in [0.5, 0.6) is 0 Å². The Bertz CT molecular complexity index is 1390. The minimum atomic E-state index is -4.67. The number of hydrogen-bond donors (Lipinski definition) is 0. The van der Waals surface area contributed by atoms with Gasteiger partial charge in [-0.1, -0.05) is 12.0 Å². The molecule has 9 nitrogen and oxygen atoms in total. The lowest BCUT2D eigenvalue weighted by Gasteiger charge is -2.25. The van der Waals surface area contributed by atoms with Crippen LogP contribution in [0.2, 0.25) is 0 Å². The SMILES string of the molecule is CCc1nn(CC)c2nc(N(C)CC)c(CN(Cc3cc(F)cc(C(F)(F)F)c3)c3nnn(C)n3)cc12. The minimum Gasteiger partial charge on any atom is -0.360 e. The van der Waals surface area contributed by atoms with E-state index in [4.69, 9.17) is 4.98 Å². The van der Waals surface area contributed by atoms with E-state index in [0.29, 0.717) is 31.4 Å². The molecule has 0 saturated carbocycles. The van der Waals surface area contributed by atoms with Gasteiger partial charge in [-0.2, -0.15) is 23.1 Å². The lowest BCUT2D eigenvalue weighted by atomic mass is 10.1. The van der Waals surface area contributed by atoms with Crippen molar-refractivity contribution >= 4 is 22.8 Å². The number of hydrogen-bond acceptors (Lipinski definition) is 7. The van der Waals surface area contributed by atoms with E-state index in [-0.39, 0.29) is 24.6 Å². The van der Waals surface area contributed by atoms with Gasteiger partial charge >= 0.3 is 6.18 Å². The van der Waals surface area contributed by atoms with Crippen LogP contribution in [0.4, 0.5) is 29.3 Å². The Morgan fingerprint density at radius 1 is 1.00 bits per heavy atom. The van der Waals surface area contributed by atoms with Gasteiger partial charge in [0.05, 0.1) is 18.3 Å². The molecule has 0 atom stereocenters. The molecule has 0 aliphatic carbocycles. The number of pyridine rings is 1. The number of aromatic nitrogens is 7. The summed E-state index contributed by atoms with van der Waals surface area (Å²) in [6.45, 7) is 7.48. The standard InChI is InChI=1S/C24H29F4N9/c1-6-20-19-11-16(21(34(4)7-2)29-22(19)37(8-3)31-20)14-36(23-30-33-35(5)32-23)13-15-9-17(24(26,27)28)12-18(25)10-15/h9-12H,6-8,13-14H2,1-5H3. The Hall–Kier alpha value is -3.77. The van der Waals surface area contributed by atoms with Gasteiger partial charge in [-0.3, -0.25) is 0 Å². The van der Waals surface area contributed by atoms with Crippen LogP contribution < -0.4 is 9.80 Å². The number of anilines is 2. The van der Waals surface area contributed by atoms with Crippen LogP contribution in [-0.2, 0) is 39.3 Å². The number of benzene rings is 1. The Morgan fingerprint density at radius 2 is 1.76 bits per heavy atom. The zero-order valence-corrected chi connectivity index (χ0v) is 21.4. The van der Waals surface area contributed by atoms with E-state index in [0.717, 1.165) is 34.4 Å². The summed E-state index contributed by atoms with van der Waals surface area (Å²) < 4.78 is 56.1. The predicted octanol–water partition coefficient (Wildman–Crippen LogP) is 4.36. The third-order valence-electron chi connectivity index (χ3n) is 6.13. The fourth-order valence-electron chi connectivity index (χ4n) is 4.20. The van der Waals surface area contributed by atoms with E-state index in [1.807, 2.05) is 43.5 Å². The van der Waals surface area contributed by atoms with Gasteiger partial charge in [-0.25, -0.2) is 14.1 Å². The number of aryl methyl sites for hydroxylation is 3. The molecule has 0 aliphatic rings. The average molecular weight is 520 g/mol. The van der Waals surface area contributed by atoms with Gasteiger partial charge in [0.2, 0.25) is 0 Å². The van der Waals surface area contributed by atoms with Crippen LogP contribution >= 0.6 is 0 Å². The highest BCUT2D eigenvalue weighted by Crippen LogP contribution is 2.32. The molecule has 0 saturated heterocycles. The molecule has 4 aromatic rings. The van der Waals surface area contributed by atoms with E-state index in [2.05, 4.69) is 20.5 Å². The smallest absolute Gasteiger partial charge is 0.360 e. The van der Waals surface area contributed by atoms with E-state index >= 15 is 0 Å². The fraction of sp³-hybridized carbons (Fsp3) is 0.458. The summed E-state index contributed by atoms with van der Waals surface area (Å²) in [5.74, 6) is -0.0622. The van der Waals surface area contributed by atoms with Gasteiger partial charge in [0.25, 0.3) is 5.95 Å². The van der Waals surface area contributed by atoms with E-state index in [1.165, 1.54) is 4.80 Å². The van der Waals surface area contributed by atoms with Crippen molar-refractivity contribution in [2.24, 2.45) is 7.05 Å². The third-order valence-corrected chi connectivity index (χ3v) is 6.13. The Balaban J connectivity index is 1.82. The molecular weight excluding hydrogens is 490 g/mol. The number of alkyl halides is 3. The highest BCUT2D eigenvalue weighted by Gasteiger charge is 2.31. The molecule has 0 amide bonds. The first-order valence-corrected chi connectivity index (χ1v) is 12.0. The molecule has 0 N–H and O–H groups in total. The first-order valence-electron chi connectivity index (χ1n) is 12.0. The molecule has 0 radical (unpaired) electrons. The topological polar surface area (TPSA) is 80.8 Å². The molecule has 3 heterocycles. The maximum Gasteiger partial charge on any atom is 0.416 e. The number of tetrazole rings is 1. The van der Waals surface area contributed by atoms with Crippen molar-refractivity contribution in [1.29, 1.82) is 0 Å². The van der Waals surface area contributed by atoms with Crippen LogP contribution in [0, 0.1) is 5.82 Å². The molecule has 37 heavy (non-hydrogen) atoms. The first-order chi connectivity index (χ1) is 17.5. The maximum absolute atomic E-state index is 14.2. The molecule has 0 fully saturated rings. The number of rotatable bonds is 9. The normalized spacial score (nSPS) is 11.9. The van der Waals surface area contributed by atoms with Gasteiger partial charge in [-0.15, -0.1) is 5.10 Å². The summed E-state index contributed by atoms with van der Waals surface area (Å²) in [5.41, 5.74) is 1.56. The largest absolute Gasteiger partial charge is 0.416 e. The van der Waals surface area contributed by atoms with Crippen LogP contribution in [0.25, 0.3) is 11.0 Å². The van der Waals surface area contributed by atoms with Gasteiger partial charge in [0.1, 0.15) is 11.6 Å². The molecule has 13 heteroatoms. The van der Waals surface area contributed by atoms with Crippen LogP contribution in [0.3, 0.4) is 0 Å². The second kappa shape index (κ2) is 10.3. The second-order valence-electron chi connectivity index (χ2n) is 8.75. The molecule has 198 valence electrons. The highest BCUT2D eigenvalue weighted by atomic mass is 19.4. The average Bonchev–Trinajstić information content (AvgIpc) is 3.44. The zero-order chi connectivity index (χ0) is 26.9. The van der Waals surface area contributed by atoms with Gasteiger partial charge < -0.3 is 9.80 Å². The maximum atomic E-state index is 14.2. The number of halogens is 4. The Morgan fingerprint density at radius 3 is 2.35 bits per heavy atom. The van der Waals surface area contributed by atoms with Gasteiger partial charge in [0, 0.05) is 44.2 Å². The van der Waals surface area contributed by atoms with Crippen LogP contribution in [0.1, 0.15) is 43.2 Å². The highest BCUT2D eigenvalue weighted by molar-refractivity contribution is 5.82. The van der Waals surface area contributed by atoms with Crippen LogP contribution in [-0.4, -0.2) is 48.6 Å². The Labute approximate surface area is 211 Å². The third kappa shape index (κ3) is 5.49. The molecule has 0 aliphatic heterocycles. The first kappa shape index (κ1) is 26.3. The molecule has 1 aromatic carbocycles. The fourth-order valence-corrected chi connectivity index (χ4v) is 4.20. The summed E-state index contributed by atoms with van der Waals surface area (Å²) in [6, 6.07) is 4.52. The summed E-state index contributed by atoms with van der Waals surface area (Å²) in [4.78, 5) is 9.84. The monoisotopic (exact) mass is 519 g/mol. The summed E-state index contributed by atoms with van der Waals surface area (Å²) >= 11 is 0. The van der Waals surface area contributed by atoms with Crippen molar-refractivity contribution in [2.45, 2.75) is 53.0 Å². The molecule has 3 aromatic heterocycles. The molecule has 4 rings (SSSR count). The number of fused-ring (bicyclic) bond motifs is 1. The van der Waals surface area contributed by atoms with Gasteiger partial charge in [-0.05, 0) is 55.3 Å². The van der Waals surface area contributed by atoms with Crippen LogP contribution in [0.15, 0.2) is 24.3 Å². The van der Waals surface area contributed by atoms with Crippen molar-refractivity contribution in [3.05, 3.63) is 52.5 Å². The quantitative estimate of drug-likeness (QED) is 0.304. The van der Waals surface area contributed by atoms with E-state index in [1.54, 1.807) is 11.9 Å². The summed E-state index contributed by atoms with van der Waals surface area (Å²) in [5, 5.41) is 17.8. The lowest BCUT2D eigenvalue weighted by molar-refractivity contribution is -0.137. The van der Waals surface area contributed by atoms with Crippen molar-refractivity contribution in [2.75, 3.05) is 23.4 Å². The predicted molar refractivity (Wildman–Crippen MR) is 132 cm³/mol. The molecule has 0 unspecified atom stereocenters. The van der Waals surface area contributed by atoms with Crippen molar-refractivity contribution in [3.63, 3.8) is 0 Å². The Kier molecular flexibility index (Phi) is 7.32.